The summed E-state index contributed by atoms with van der Waals surface area (Å²) in [5, 5.41) is -0.648. The summed E-state index contributed by atoms with van der Waals surface area (Å²) in [5.74, 6) is -0.841. The van der Waals surface area contributed by atoms with Crippen LogP contribution in [-0.2, 0) is 6.18 Å². The SMILES string of the molecule is COc1ccc2[nH]c(C(=O)Cl)c(-c3ccccc3F)c2c1.Cc1ccc2[nH]c(C(=O)Cl)c(-c3ccccc3F)c2c1.O=C(Cl)c1[nH]c2ccc(C(F)(F)F)cc2c1-c1ccccc1F. The molecule has 324 valence electrons. The third kappa shape index (κ3) is 9.14. The molecule has 64 heavy (non-hydrogen) atoms. The fraction of sp³-hybridized carbons (Fsp3) is 0.0625. The van der Waals surface area contributed by atoms with Crippen molar-refractivity contribution < 1.29 is 45.5 Å². The zero-order valence-corrected chi connectivity index (χ0v) is 35.4. The second-order valence-electron chi connectivity index (χ2n) is 14.1. The number of aryl methyl sites for hydroxylation is 1. The number of H-pyrrole nitrogens is 3. The Labute approximate surface area is 374 Å². The van der Waals surface area contributed by atoms with Crippen LogP contribution in [0.1, 0.15) is 42.6 Å². The Morgan fingerprint density at radius 3 is 1.23 bits per heavy atom. The van der Waals surface area contributed by atoms with E-state index in [0.29, 0.717) is 38.9 Å². The van der Waals surface area contributed by atoms with E-state index in [0.717, 1.165) is 34.7 Å². The summed E-state index contributed by atoms with van der Waals surface area (Å²) < 4.78 is 86.2. The molecule has 3 heterocycles. The van der Waals surface area contributed by atoms with Crippen molar-refractivity contribution in [1.29, 1.82) is 0 Å². The minimum Gasteiger partial charge on any atom is -0.497 e. The molecule has 0 saturated heterocycles. The van der Waals surface area contributed by atoms with Gasteiger partial charge in [-0.1, -0.05) is 66.2 Å². The summed E-state index contributed by atoms with van der Waals surface area (Å²) in [6, 6.07) is 32.0. The van der Waals surface area contributed by atoms with Gasteiger partial charge in [-0.2, -0.15) is 13.2 Å². The van der Waals surface area contributed by atoms with E-state index >= 15 is 0 Å². The maximum Gasteiger partial charge on any atom is 0.416 e. The second kappa shape index (κ2) is 18.5. The van der Waals surface area contributed by atoms with Gasteiger partial charge in [0, 0.05) is 66.1 Å². The Hall–Kier alpha value is -6.80. The third-order valence-electron chi connectivity index (χ3n) is 10.1. The van der Waals surface area contributed by atoms with Crippen molar-refractivity contribution >= 4 is 83.2 Å². The lowest BCUT2D eigenvalue weighted by atomic mass is 10.00. The molecule has 9 rings (SSSR count). The van der Waals surface area contributed by atoms with E-state index in [4.69, 9.17) is 39.5 Å². The van der Waals surface area contributed by atoms with Crippen molar-refractivity contribution in [3.8, 4) is 39.1 Å². The molecule has 0 atom stereocenters. The Morgan fingerprint density at radius 2 is 0.859 bits per heavy atom. The first-order chi connectivity index (χ1) is 30.5. The molecule has 0 unspecified atom stereocenters. The van der Waals surface area contributed by atoms with Gasteiger partial charge in [0.2, 0.25) is 0 Å². The van der Waals surface area contributed by atoms with Crippen molar-refractivity contribution in [2.75, 3.05) is 7.11 Å². The molecule has 0 radical (unpaired) electrons. The minimum atomic E-state index is -4.55. The lowest BCUT2D eigenvalue weighted by Crippen LogP contribution is -2.04. The van der Waals surface area contributed by atoms with Crippen molar-refractivity contribution in [2.24, 2.45) is 0 Å². The van der Waals surface area contributed by atoms with Crippen LogP contribution in [0, 0.1) is 24.4 Å². The van der Waals surface area contributed by atoms with Crippen LogP contribution in [0.5, 0.6) is 5.75 Å². The van der Waals surface area contributed by atoms with Crippen molar-refractivity contribution in [2.45, 2.75) is 13.1 Å². The van der Waals surface area contributed by atoms with Gasteiger partial charge >= 0.3 is 6.18 Å². The molecule has 0 amide bonds. The zero-order chi connectivity index (χ0) is 46.0. The number of hydrogen-bond donors (Lipinski definition) is 3. The fourth-order valence-corrected chi connectivity index (χ4v) is 7.67. The lowest BCUT2D eigenvalue weighted by Gasteiger charge is -2.08. The van der Waals surface area contributed by atoms with Gasteiger partial charge in [-0.15, -0.1) is 0 Å². The molecule has 3 N–H and O–H groups in total. The van der Waals surface area contributed by atoms with Gasteiger partial charge in [-0.05, 0) is 108 Å². The number of nitrogens with one attached hydrogen (secondary N) is 3. The number of alkyl halides is 3. The minimum absolute atomic E-state index is 0.00192. The number of halogens is 9. The smallest absolute Gasteiger partial charge is 0.416 e. The molecule has 0 fully saturated rings. The van der Waals surface area contributed by atoms with Crippen molar-refractivity contribution in [3.05, 3.63) is 173 Å². The van der Waals surface area contributed by atoms with Crippen LogP contribution in [0.25, 0.3) is 66.1 Å². The van der Waals surface area contributed by atoms with E-state index in [1.165, 1.54) is 36.4 Å². The first-order valence-corrected chi connectivity index (χ1v) is 20.0. The molecule has 0 aliphatic carbocycles. The molecule has 3 aromatic heterocycles. The highest BCUT2D eigenvalue weighted by atomic mass is 35.5. The van der Waals surface area contributed by atoms with Gasteiger partial charge < -0.3 is 19.7 Å². The molecule has 9 aromatic rings. The topological polar surface area (TPSA) is 108 Å². The van der Waals surface area contributed by atoms with E-state index in [-0.39, 0.29) is 44.9 Å². The van der Waals surface area contributed by atoms with Crippen molar-refractivity contribution in [1.82, 2.24) is 15.0 Å². The monoisotopic (exact) mass is 931 g/mol. The van der Waals surface area contributed by atoms with Crippen LogP contribution in [0.2, 0.25) is 0 Å². The lowest BCUT2D eigenvalue weighted by molar-refractivity contribution is -0.137. The first-order valence-electron chi connectivity index (χ1n) is 18.9. The van der Waals surface area contributed by atoms with Gasteiger partial charge in [0.05, 0.1) is 12.7 Å². The first kappa shape index (κ1) is 45.2. The molecular formula is C48H30Cl3F6N3O4. The predicted octanol–water partition coefficient (Wildman–Crippen LogP) is 14.4. The second-order valence-corrected chi connectivity index (χ2v) is 15.1. The van der Waals surface area contributed by atoms with Gasteiger partial charge in [-0.25, -0.2) is 13.2 Å². The molecule has 0 spiro atoms. The summed E-state index contributed by atoms with van der Waals surface area (Å²) in [6.45, 7) is 1.94. The largest absolute Gasteiger partial charge is 0.497 e. The summed E-state index contributed by atoms with van der Waals surface area (Å²) in [7, 11) is 1.55. The summed E-state index contributed by atoms with van der Waals surface area (Å²) in [6.07, 6.45) is -4.55. The maximum atomic E-state index is 14.1. The molecule has 0 aliphatic heterocycles. The van der Waals surface area contributed by atoms with Crippen LogP contribution in [0.15, 0.2) is 127 Å². The standard InChI is InChI=1S/C16H8ClF4NO.C16H11ClFNO2.C16H11ClFNO/c17-15(23)14-13(9-3-1-2-4-11(9)18)10-7-8(16(19,20)21)5-6-12(10)22-14;1-21-9-6-7-13-11(8-9)14(15(19-13)16(17)20)10-4-2-3-5-12(10)18;1-9-6-7-13-11(8-9)14(15(19-13)16(17)20)10-4-2-3-5-12(10)18/h1-7,22H;2-8,19H,1H3;2-8,19H,1H3. The Balaban J connectivity index is 0.000000144. The number of benzene rings is 6. The van der Waals surface area contributed by atoms with Gasteiger partial charge in [-0.3, -0.25) is 14.4 Å². The van der Waals surface area contributed by atoms with Gasteiger partial charge in [0.1, 0.15) is 40.3 Å². The van der Waals surface area contributed by atoms with Crippen molar-refractivity contribution in [3.63, 3.8) is 0 Å². The molecule has 16 heteroatoms. The molecule has 0 bridgehead atoms. The van der Waals surface area contributed by atoms with Gasteiger partial charge in [0.25, 0.3) is 15.7 Å². The van der Waals surface area contributed by atoms with E-state index in [9.17, 15) is 40.7 Å². The zero-order valence-electron chi connectivity index (χ0n) is 33.2. The number of aromatic nitrogens is 3. The number of hydrogen-bond acceptors (Lipinski definition) is 4. The number of carbonyl (C=O) groups excluding carboxylic acids is 3. The molecular weight excluding hydrogens is 903 g/mol. The number of ether oxygens (including phenoxy) is 1. The number of fused-ring (bicyclic) bond motifs is 3. The Kier molecular flexibility index (Phi) is 13.1. The molecule has 6 aromatic carbocycles. The maximum absolute atomic E-state index is 14.1. The quantitative estimate of drug-likeness (QED) is 0.109. The van der Waals surface area contributed by atoms with E-state index < -0.39 is 39.1 Å². The Morgan fingerprint density at radius 1 is 0.500 bits per heavy atom. The molecule has 0 saturated carbocycles. The van der Waals surface area contributed by atoms with Crippen LogP contribution in [0.4, 0.5) is 26.3 Å². The highest BCUT2D eigenvalue weighted by Crippen LogP contribution is 2.40. The van der Waals surface area contributed by atoms with Gasteiger partial charge in [0.15, 0.2) is 0 Å². The predicted molar refractivity (Wildman–Crippen MR) is 238 cm³/mol. The average Bonchev–Trinajstić information content (AvgIpc) is 3.96. The fourth-order valence-electron chi connectivity index (χ4n) is 7.25. The number of aromatic amines is 3. The molecule has 7 nitrogen and oxygen atoms in total. The number of carbonyl (C=O) groups is 3. The summed E-state index contributed by atoms with van der Waals surface area (Å²) in [5.41, 5.74) is 3.77. The average molecular weight is 933 g/mol. The van der Waals surface area contributed by atoms with E-state index in [1.807, 2.05) is 25.1 Å². The van der Waals surface area contributed by atoms with Crippen LogP contribution in [0.3, 0.4) is 0 Å². The highest BCUT2D eigenvalue weighted by molar-refractivity contribution is 6.69. The van der Waals surface area contributed by atoms with E-state index in [2.05, 4.69) is 15.0 Å². The highest BCUT2D eigenvalue weighted by Gasteiger charge is 2.32. The summed E-state index contributed by atoms with van der Waals surface area (Å²) in [4.78, 5) is 43.4. The number of methoxy groups -OCH3 is 1. The summed E-state index contributed by atoms with van der Waals surface area (Å²) >= 11 is 16.8. The van der Waals surface area contributed by atoms with Crippen LogP contribution >= 0.6 is 34.8 Å². The number of rotatable bonds is 7. The van der Waals surface area contributed by atoms with E-state index in [1.54, 1.807) is 61.7 Å². The third-order valence-corrected chi connectivity index (χ3v) is 10.7. The van der Waals surface area contributed by atoms with Crippen LogP contribution in [-0.4, -0.2) is 37.8 Å². The van der Waals surface area contributed by atoms with Crippen LogP contribution < -0.4 is 4.74 Å². The molecule has 0 aliphatic rings. The normalized spacial score (nSPS) is 11.2. The Bertz CT molecular complexity index is 3270.